The molecule has 0 saturated carbocycles. The fourth-order valence-electron chi connectivity index (χ4n) is 1.30. The topological polar surface area (TPSA) is 83.0 Å². The minimum atomic E-state index is -0.478. The van der Waals surface area contributed by atoms with Crippen molar-refractivity contribution in [2.45, 2.75) is 6.61 Å². The van der Waals surface area contributed by atoms with Gasteiger partial charge >= 0.3 is 5.97 Å². The average molecular weight is 232 g/mol. The maximum absolute atomic E-state index is 11.6. The number of hydrogen-bond acceptors (Lipinski definition) is 5. The van der Waals surface area contributed by atoms with Crippen molar-refractivity contribution in [3.63, 3.8) is 0 Å². The van der Waals surface area contributed by atoms with Gasteiger partial charge in [0.1, 0.15) is 12.3 Å². The lowest BCUT2D eigenvalue weighted by Crippen LogP contribution is -2.07. The third-order valence-corrected chi connectivity index (χ3v) is 2.12. The highest BCUT2D eigenvalue weighted by Gasteiger charge is 2.09. The number of carbonyl (C=O) groups excluding carboxylic acids is 1. The van der Waals surface area contributed by atoms with Crippen molar-refractivity contribution in [2.24, 2.45) is 7.05 Å². The van der Waals surface area contributed by atoms with Gasteiger partial charge in [0.05, 0.1) is 18.1 Å². The summed E-state index contributed by atoms with van der Waals surface area (Å²) in [6.45, 7) is 0.179. The zero-order valence-corrected chi connectivity index (χ0v) is 9.33. The van der Waals surface area contributed by atoms with Crippen LogP contribution < -0.4 is 5.73 Å². The molecule has 0 aliphatic heterocycles. The summed E-state index contributed by atoms with van der Waals surface area (Å²) in [7, 11) is 1.80. The van der Waals surface area contributed by atoms with E-state index < -0.39 is 5.97 Å². The molecule has 2 aromatic rings. The van der Waals surface area contributed by atoms with Gasteiger partial charge in [-0.1, -0.05) is 0 Å². The van der Waals surface area contributed by atoms with E-state index in [-0.39, 0.29) is 12.3 Å². The van der Waals surface area contributed by atoms with Crippen molar-refractivity contribution in [3.05, 3.63) is 42.0 Å². The number of aryl methyl sites for hydroxylation is 1. The van der Waals surface area contributed by atoms with E-state index in [4.69, 9.17) is 10.5 Å². The second-order valence-corrected chi connectivity index (χ2v) is 3.58. The lowest BCUT2D eigenvalue weighted by molar-refractivity contribution is 0.0466. The minimum Gasteiger partial charge on any atom is -0.456 e. The van der Waals surface area contributed by atoms with Crippen LogP contribution in [0, 0.1) is 0 Å². The highest BCUT2D eigenvalue weighted by atomic mass is 16.5. The Balaban J connectivity index is 1.95. The van der Waals surface area contributed by atoms with Crippen molar-refractivity contribution < 1.29 is 9.53 Å². The molecule has 6 heteroatoms. The Labute approximate surface area is 98.0 Å². The van der Waals surface area contributed by atoms with E-state index in [9.17, 15) is 4.79 Å². The molecule has 2 aromatic heterocycles. The Kier molecular flexibility index (Phi) is 3.04. The number of hydrogen-bond donors (Lipinski definition) is 1. The zero-order chi connectivity index (χ0) is 12.3. The summed E-state index contributed by atoms with van der Waals surface area (Å²) in [6, 6.07) is 3.13. The number of pyridine rings is 1. The molecule has 0 aliphatic carbocycles. The predicted octanol–water partition coefficient (Wildman–Crippen LogP) is 0.754. The summed E-state index contributed by atoms with van der Waals surface area (Å²) >= 11 is 0. The van der Waals surface area contributed by atoms with Gasteiger partial charge in [0.2, 0.25) is 0 Å². The maximum Gasteiger partial charge on any atom is 0.357 e. The smallest absolute Gasteiger partial charge is 0.357 e. The van der Waals surface area contributed by atoms with Gasteiger partial charge < -0.3 is 10.5 Å². The Morgan fingerprint density at radius 1 is 1.47 bits per heavy atom. The molecule has 88 valence electrons. The van der Waals surface area contributed by atoms with Crippen molar-refractivity contribution in [2.75, 3.05) is 5.73 Å². The summed E-state index contributed by atoms with van der Waals surface area (Å²) in [5.41, 5.74) is 7.05. The summed E-state index contributed by atoms with van der Waals surface area (Å²) < 4.78 is 6.72. The van der Waals surface area contributed by atoms with E-state index in [1.165, 1.54) is 12.3 Å². The zero-order valence-electron chi connectivity index (χ0n) is 9.33. The Morgan fingerprint density at radius 3 is 2.88 bits per heavy atom. The quantitative estimate of drug-likeness (QED) is 0.790. The number of anilines is 1. The molecule has 17 heavy (non-hydrogen) atoms. The highest BCUT2D eigenvalue weighted by Crippen LogP contribution is 2.05. The number of nitrogen functional groups attached to an aromatic ring is 1. The van der Waals surface area contributed by atoms with Crippen LogP contribution in [0.25, 0.3) is 0 Å². The average Bonchev–Trinajstić information content (AvgIpc) is 2.73. The van der Waals surface area contributed by atoms with Gasteiger partial charge in [-0.3, -0.25) is 4.68 Å². The first kappa shape index (κ1) is 11.1. The van der Waals surface area contributed by atoms with E-state index in [2.05, 4.69) is 10.1 Å². The molecular formula is C11H12N4O2. The molecule has 2 N–H and O–H groups in total. The normalized spacial score (nSPS) is 10.2. The van der Waals surface area contributed by atoms with Crippen LogP contribution >= 0.6 is 0 Å². The second-order valence-electron chi connectivity index (χ2n) is 3.58. The van der Waals surface area contributed by atoms with E-state index >= 15 is 0 Å². The number of ether oxygens (including phenoxy) is 1. The van der Waals surface area contributed by atoms with Crippen molar-refractivity contribution >= 4 is 11.7 Å². The first-order chi connectivity index (χ1) is 8.15. The third-order valence-electron chi connectivity index (χ3n) is 2.12. The third kappa shape index (κ3) is 2.81. The molecule has 2 rings (SSSR count). The van der Waals surface area contributed by atoms with E-state index in [1.807, 2.05) is 0 Å². The molecule has 0 spiro atoms. The van der Waals surface area contributed by atoms with Crippen LogP contribution in [0.15, 0.2) is 30.7 Å². The molecule has 0 fully saturated rings. The summed E-state index contributed by atoms with van der Waals surface area (Å²) in [4.78, 5) is 15.5. The van der Waals surface area contributed by atoms with E-state index in [1.54, 1.807) is 30.2 Å². The summed E-state index contributed by atoms with van der Waals surface area (Å²) in [6.07, 6.45) is 4.84. The van der Waals surface area contributed by atoms with Crippen molar-refractivity contribution in [1.29, 1.82) is 0 Å². The summed E-state index contributed by atoms with van der Waals surface area (Å²) in [5.74, 6) is -0.478. The highest BCUT2D eigenvalue weighted by molar-refractivity contribution is 5.87. The van der Waals surface area contributed by atoms with Crippen LogP contribution in [-0.4, -0.2) is 20.7 Å². The van der Waals surface area contributed by atoms with Crippen LogP contribution in [0.5, 0.6) is 0 Å². The van der Waals surface area contributed by atoms with Gasteiger partial charge in [-0.25, -0.2) is 9.78 Å². The lowest BCUT2D eigenvalue weighted by Gasteiger charge is -2.02. The first-order valence-electron chi connectivity index (χ1n) is 5.01. The Bertz CT molecular complexity index is 519. The van der Waals surface area contributed by atoms with Gasteiger partial charge in [-0.2, -0.15) is 5.10 Å². The molecule has 0 atom stereocenters. The van der Waals surface area contributed by atoms with Crippen molar-refractivity contribution in [1.82, 2.24) is 14.8 Å². The molecule has 2 heterocycles. The fraction of sp³-hybridized carbons (Fsp3) is 0.182. The molecule has 0 bridgehead atoms. The molecule has 6 nitrogen and oxygen atoms in total. The van der Waals surface area contributed by atoms with Crippen LogP contribution in [0.3, 0.4) is 0 Å². The number of nitrogens with zero attached hydrogens (tertiary/aromatic N) is 3. The molecule has 0 aliphatic rings. The standard InChI is InChI=1S/C11H12N4O2/c1-15-6-8(4-14-15)7-17-11(16)10-3-2-9(12)5-13-10/h2-6H,7,12H2,1H3. The monoisotopic (exact) mass is 232 g/mol. The van der Waals surface area contributed by atoms with Crippen molar-refractivity contribution in [3.8, 4) is 0 Å². The van der Waals surface area contributed by atoms with E-state index in [0.29, 0.717) is 5.69 Å². The van der Waals surface area contributed by atoms with Crippen LogP contribution in [0.4, 0.5) is 5.69 Å². The first-order valence-corrected chi connectivity index (χ1v) is 5.01. The lowest BCUT2D eigenvalue weighted by atomic mass is 10.3. The number of esters is 1. The molecule has 0 aromatic carbocycles. The molecule has 0 unspecified atom stereocenters. The number of carbonyl (C=O) groups is 1. The Hall–Kier alpha value is -2.37. The number of aromatic nitrogens is 3. The number of nitrogens with two attached hydrogens (primary N) is 1. The van der Waals surface area contributed by atoms with Crippen LogP contribution in [0.2, 0.25) is 0 Å². The second kappa shape index (κ2) is 4.65. The SMILES string of the molecule is Cn1cc(COC(=O)c2ccc(N)cn2)cn1. The largest absolute Gasteiger partial charge is 0.456 e. The summed E-state index contributed by atoms with van der Waals surface area (Å²) in [5, 5.41) is 3.97. The van der Waals surface area contributed by atoms with E-state index in [0.717, 1.165) is 5.56 Å². The predicted molar refractivity (Wildman–Crippen MR) is 61.0 cm³/mol. The Morgan fingerprint density at radius 2 is 2.29 bits per heavy atom. The minimum absolute atomic E-state index is 0.179. The molecule has 0 saturated heterocycles. The molecular weight excluding hydrogens is 220 g/mol. The fourth-order valence-corrected chi connectivity index (χ4v) is 1.30. The van der Waals surface area contributed by atoms with Crippen LogP contribution in [0.1, 0.15) is 16.1 Å². The molecule has 0 radical (unpaired) electrons. The van der Waals surface area contributed by atoms with Gasteiger partial charge in [-0.05, 0) is 12.1 Å². The number of rotatable bonds is 3. The van der Waals surface area contributed by atoms with Gasteiger partial charge in [0.15, 0.2) is 0 Å². The van der Waals surface area contributed by atoms with Gasteiger partial charge in [-0.15, -0.1) is 0 Å². The molecule has 0 amide bonds. The van der Waals surface area contributed by atoms with Gasteiger partial charge in [0, 0.05) is 18.8 Å². The maximum atomic E-state index is 11.6. The van der Waals surface area contributed by atoms with Crippen LogP contribution in [-0.2, 0) is 18.4 Å². The van der Waals surface area contributed by atoms with Gasteiger partial charge in [0.25, 0.3) is 0 Å².